The minimum Gasteiger partial charge on any atom is -0.315 e. The maximum atomic E-state index is 4.16. The average molecular weight is 275 g/mol. The van der Waals surface area contributed by atoms with Gasteiger partial charge in [0.05, 0.1) is 0 Å². The van der Waals surface area contributed by atoms with Crippen LogP contribution in [0.3, 0.4) is 0 Å². The molecule has 0 spiro atoms. The average Bonchev–Trinajstić information content (AvgIpc) is 2.71. The standard InChI is InChI=1S/C15H21N3S/c1-12-14(7-15(19-12)9-16-2)11-18(3)10-13-5-4-6-17-8-13/h4-8,16H,9-11H2,1-3H3. The van der Waals surface area contributed by atoms with Crippen LogP contribution >= 0.6 is 11.3 Å². The van der Waals surface area contributed by atoms with Crippen LogP contribution in [-0.2, 0) is 19.6 Å². The molecule has 0 amide bonds. The van der Waals surface area contributed by atoms with E-state index in [1.165, 1.54) is 20.9 Å². The Morgan fingerprint density at radius 3 is 2.89 bits per heavy atom. The van der Waals surface area contributed by atoms with Gasteiger partial charge in [-0.15, -0.1) is 11.3 Å². The van der Waals surface area contributed by atoms with Gasteiger partial charge < -0.3 is 5.32 Å². The largest absolute Gasteiger partial charge is 0.315 e. The molecular formula is C15H21N3S. The van der Waals surface area contributed by atoms with Crippen molar-refractivity contribution in [3.05, 3.63) is 51.5 Å². The van der Waals surface area contributed by atoms with Crippen molar-refractivity contribution in [1.82, 2.24) is 15.2 Å². The van der Waals surface area contributed by atoms with Crippen molar-refractivity contribution in [2.75, 3.05) is 14.1 Å². The Morgan fingerprint density at radius 2 is 2.21 bits per heavy atom. The lowest BCUT2D eigenvalue weighted by Crippen LogP contribution is -2.17. The maximum Gasteiger partial charge on any atom is 0.0312 e. The molecule has 0 saturated carbocycles. The number of hydrogen-bond acceptors (Lipinski definition) is 4. The van der Waals surface area contributed by atoms with Crippen molar-refractivity contribution in [3.63, 3.8) is 0 Å². The van der Waals surface area contributed by atoms with E-state index in [0.29, 0.717) is 0 Å². The number of rotatable bonds is 6. The van der Waals surface area contributed by atoms with E-state index in [9.17, 15) is 0 Å². The molecule has 0 radical (unpaired) electrons. The first-order chi connectivity index (χ1) is 9.19. The summed E-state index contributed by atoms with van der Waals surface area (Å²) in [6.45, 7) is 5.08. The van der Waals surface area contributed by atoms with Gasteiger partial charge in [0.25, 0.3) is 0 Å². The predicted molar refractivity (Wildman–Crippen MR) is 81.2 cm³/mol. The topological polar surface area (TPSA) is 28.2 Å². The van der Waals surface area contributed by atoms with Crippen molar-refractivity contribution < 1.29 is 0 Å². The predicted octanol–water partition coefficient (Wildman–Crippen LogP) is 2.80. The Morgan fingerprint density at radius 1 is 1.37 bits per heavy atom. The summed E-state index contributed by atoms with van der Waals surface area (Å²) in [6.07, 6.45) is 3.75. The van der Waals surface area contributed by atoms with Gasteiger partial charge in [-0.1, -0.05) is 6.07 Å². The summed E-state index contributed by atoms with van der Waals surface area (Å²) < 4.78 is 0. The smallest absolute Gasteiger partial charge is 0.0312 e. The molecule has 0 aliphatic rings. The summed E-state index contributed by atoms with van der Waals surface area (Å²) in [4.78, 5) is 9.31. The molecule has 0 aliphatic carbocycles. The highest BCUT2D eigenvalue weighted by molar-refractivity contribution is 7.12. The zero-order valence-corrected chi connectivity index (χ0v) is 12.6. The van der Waals surface area contributed by atoms with Crippen molar-refractivity contribution in [2.24, 2.45) is 0 Å². The van der Waals surface area contributed by atoms with E-state index in [-0.39, 0.29) is 0 Å². The van der Waals surface area contributed by atoms with Crippen molar-refractivity contribution in [1.29, 1.82) is 0 Å². The van der Waals surface area contributed by atoms with Gasteiger partial charge in [-0.3, -0.25) is 9.88 Å². The highest BCUT2D eigenvalue weighted by Crippen LogP contribution is 2.23. The van der Waals surface area contributed by atoms with E-state index in [1.807, 2.05) is 36.8 Å². The van der Waals surface area contributed by atoms with Gasteiger partial charge >= 0.3 is 0 Å². The van der Waals surface area contributed by atoms with Gasteiger partial charge in [-0.2, -0.15) is 0 Å². The fourth-order valence-corrected chi connectivity index (χ4v) is 3.22. The first-order valence-electron chi connectivity index (χ1n) is 6.49. The Bertz CT molecular complexity index is 507. The Hall–Kier alpha value is -1.23. The van der Waals surface area contributed by atoms with Crippen LogP contribution < -0.4 is 5.32 Å². The molecule has 1 N–H and O–H groups in total. The molecule has 3 nitrogen and oxygen atoms in total. The number of aryl methyl sites for hydroxylation is 1. The molecule has 0 saturated heterocycles. The van der Waals surface area contributed by atoms with Gasteiger partial charge in [-0.25, -0.2) is 0 Å². The van der Waals surface area contributed by atoms with Crippen LogP contribution in [0, 0.1) is 6.92 Å². The molecule has 4 heteroatoms. The Balaban J connectivity index is 1.96. The molecule has 0 bridgehead atoms. The fraction of sp³-hybridized carbons (Fsp3) is 0.400. The van der Waals surface area contributed by atoms with Gasteiger partial charge in [-0.05, 0) is 44.3 Å². The summed E-state index contributed by atoms with van der Waals surface area (Å²) >= 11 is 1.89. The van der Waals surface area contributed by atoms with Crippen LogP contribution in [-0.4, -0.2) is 24.0 Å². The van der Waals surface area contributed by atoms with Crippen molar-refractivity contribution in [2.45, 2.75) is 26.6 Å². The molecule has 2 aromatic heterocycles. The number of thiophene rings is 1. The lowest BCUT2D eigenvalue weighted by molar-refractivity contribution is 0.318. The van der Waals surface area contributed by atoms with Crippen LogP contribution in [0.15, 0.2) is 30.6 Å². The summed E-state index contributed by atoms with van der Waals surface area (Å²) in [5.41, 5.74) is 2.69. The maximum absolute atomic E-state index is 4.16. The molecule has 0 atom stereocenters. The molecule has 2 heterocycles. The van der Waals surface area contributed by atoms with Gasteiger partial charge in [0, 0.05) is 41.8 Å². The van der Waals surface area contributed by atoms with E-state index in [2.05, 4.69) is 41.3 Å². The molecule has 0 unspecified atom stereocenters. The van der Waals surface area contributed by atoms with Crippen LogP contribution in [0.2, 0.25) is 0 Å². The molecular weight excluding hydrogens is 254 g/mol. The van der Waals surface area contributed by atoms with E-state index in [1.54, 1.807) is 0 Å². The molecule has 19 heavy (non-hydrogen) atoms. The zero-order chi connectivity index (χ0) is 13.7. The number of nitrogens with zero attached hydrogens (tertiary/aromatic N) is 2. The molecule has 0 aromatic carbocycles. The van der Waals surface area contributed by atoms with Gasteiger partial charge in [0.2, 0.25) is 0 Å². The number of nitrogens with one attached hydrogen (secondary N) is 1. The highest BCUT2D eigenvalue weighted by atomic mass is 32.1. The minimum atomic E-state index is 0.935. The first-order valence-corrected chi connectivity index (χ1v) is 7.31. The third-order valence-electron chi connectivity index (χ3n) is 3.04. The van der Waals surface area contributed by atoms with E-state index < -0.39 is 0 Å². The molecule has 0 aliphatic heterocycles. The number of pyridine rings is 1. The molecule has 0 fully saturated rings. The van der Waals surface area contributed by atoms with Crippen LogP contribution in [0.1, 0.15) is 20.9 Å². The van der Waals surface area contributed by atoms with E-state index >= 15 is 0 Å². The first kappa shape index (κ1) is 14.2. The Labute approximate surface area is 119 Å². The lowest BCUT2D eigenvalue weighted by atomic mass is 10.2. The zero-order valence-electron chi connectivity index (χ0n) is 11.8. The second-order valence-corrected chi connectivity index (χ2v) is 6.20. The summed E-state index contributed by atoms with van der Waals surface area (Å²) in [5, 5.41) is 3.21. The normalized spacial score (nSPS) is 11.2. The van der Waals surface area contributed by atoms with Crippen LogP contribution in [0.25, 0.3) is 0 Å². The lowest BCUT2D eigenvalue weighted by Gasteiger charge is -2.16. The monoisotopic (exact) mass is 275 g/mol. The summed E-state index contributed by atoms with van der Waals surface area (Å²) in [7, 11) is 4.14. The van der Waals surface area contributed by atoms with Crippen molar-refractivity contribution >= 4 is 11.3 Å². The van der Waals surface area contributed by atoms with E-state index in [0.717, 1.165) is 19.6 Å². The second-order valence-electron chi connectivity index (χ2n) is 4.86. The summed E-state index contributed by atoms with van der Waals surface area (Å²) in [6, 6.07) is 6.43. The number of aromatic nitrogens is 1. The molecule has 2 rings (SSSR count). The highest BCUT2D eigenvalue weighted by Gasteiger charge is 2.08. The third kappa shape index (κ3) is 4.13. The minimum absolute atomic E-state index is 0.935. The Kier molecular flexibility index (Phi) is 5.07. The van der Waals surface area contributed by atoms with E-state index in [4.69, 9.17) is 0 Å². The number of hydrogen-bond donors (Lipinski definition) is 1. The fourth-order valence-electron chi connectivity index (χ4n) is 2.16. The van der Waals surface area contributed by atoms with Crippen molar-refractivity contribution in [3.8, 4) is 0 Å². The van der Waals surface area contributed by atoms with Gasteiger partial charge in [0.1, 0.15) is 0 Å². The molecule has 2 aromatic rings. The van der Waals surface area contributed by atoms with Crippen LogP contribution in [0.5, 0.6) is 0 Å². The SMILES string of the molecule is CNCc1cc(CN(C)Cc2cccnc2)c(C)s1. The summed E-state index contributed by atoms with van der Waals surface area (Å²) in [5.74, 6) is 0. The van der Waals surface area contributed by atoms with Gasteiger partial charge in [0.15, 0.2) is 0 Å². The molecule has 102 valence electrons. The second kappa shape index (κ2) is 6.80. The quantitative estimate of drug-likeness (QED) is 0.878. The third-order valence-corrected chi connectivity index (χ3v) is 4.13. The van der Waals surface area contributed by atoms with Crippen LogP contribution in [0.4, 0.5) is 0 Å².